The highest BCUT2D eigenvalue weighted by atomic mass is 32.1. The molecule has 3 heteroatoms. The van der Waals surface area contributed by atoms with Gasteiger partial charge in [-0.05, 0) is 40.3 Å². The summed E-state index contributed by atoms with van der Waals surface area (Å²) in [6.45, 7) is 0.421. The molecule has 0 saturated carbocycles. The lowest BCUT2D eigenvalue weighted by Gasteiger charge is -2.19. The highest BCUT2D eigenvalue weighted by Gasteiger charge is 2.16. The van der Waals surface area contributed by atoms with Crippen LogP contribution < -0.4 is 5.23 Å². The summed E-state index contributed by atoms with van der Waals surface area (Å²) in [4.78, 5) is 0. The number of thiophene rings is 1. The number of para-hydroxylation sites is 1. The van der Waals surface area contributed by atoms with E-state index in [2.05, 4.69) is 58.4 Å². The monoisotopic (exact) mass is 225 g/mol. The molecular weight excluding hydrogens is 213 g/mol. The second-order valence-electron chi connectivity index (χ2n) is 4.03. The van der Waals surface area contributed by atoms with Gasteiger partial charge in [-0.25, -0.2) is 0 Å². The van der Waals surface area contributed by atoms with Gasteiger partial charge < -0.3 is 5.23 Å². The Balaban J connectivity index is 1.78. The van der Waals surface area contributed by atoms with Gasteiger partial charge in [0.2, 0.25) is 0 Å². The van der Waals surface area contributed by atoms with Crippen molar-refractivity contribution >= 4 is 29.9 Å². The Hall–Kier alpha value is -1.48. The van der Waals surface area contributed by atoms with Crippen LogP contribution in [0.3, 0.4) is 0 Å². The fraction of sp³-hybridized carbons (Fsp3) is 0.0769. The van der Waals surface area contributed by atoms with Crippen LogP contribution in [0.15, 0.2) is 47.1 Å². The maximum absolute atomic E-state index is 3.55. The van der Waals surface area contributed by atoms with Gasteiger partial charge in [0.25, 0.3) is 6.85 Å². The first-order valence-corrected chi connectivity index (χ1v) is 6.41. The molecule has 1 aliphatic rings. The third-order valence-corrected chi connectivity index (χ3v) is 3.58. The van der Waals surface area contributed by atoms with Crippen molar-refractivity contribution in [3.8, 4) is 0 Å². The van der Waals surface area contributed by atoms with Crippen molar-refractivity contribution in [2.45, 2.75) is 6.32 Å². The molecule has 16 heavy (non-hydrogen) atoms. The molecule has 1 N–H and O–H groups in total. The topological polar surface area (TPSA) is 12.0 Å². The van der Waals surface area contributed by atoms with E-state index in [0.29, 0.717) is 6.85 Å². The minimum atomic E-state index is 0.421. The Morgan fingerprint density at radius 3 is 3.00 bits per heavy atom. The first-order chi connectivity index (χ1) is 7.92. The summed E-state index contributed by atoms with van der Waals surface area (Å²) in [6, 6.07) is 10.6. The summed E-state index contributed by atoms with van der Waals surface area (Å²) in [7, 11) is 0. The summed E-state index contributed by atoms with van der Waals surface area (Å²) in [6.07, 6.45) is 3.28. The molecule has 1 aliphatic heterocycles. The Morgan fingerprint density at radius 1 is 1.19 bits per heavy atom. The van der Waals surface area contributed by atoms with Crippen LogP contribution >= 0.6 is 11.3 Å². The summed E-state index contributed by atoms with van der Waals surface area (Å²) in [5.41, 5.74) is 3.93. The van der Waals surface area contributed by atoms with E-state index in [0.717, 1.165) is 6.32 Å². The van der Waals surface area contributed by atoms with Crippen molar-refractivity contribution in [2.75, 3.05) is 5.23 Å². The number of benzene rings is 1. The molecule has 2 heterocycles. The van der Waals surface area contributed by atoms with Crippen molar-refractivity contribution in [3.63, 3.8) is 0 Å². The Bertz CT molecular complexity index is 504. The average Bonchev–Trinajstić information content (AvgIpc) is 2.82. The first-order valence-electron chi connectivity index (χ1n) is 5.47. The number of hydrogen-bond donors (Lipinski definition) is 1. The van der Waals surface area contributed by atoms with Crippen LogP contribution in [0.4, 0.5) is 5.69 Å². The lowest BCUT2D eigenvalue weighted by Crippen LogP contribution is -2.28. The van der Waals surface area contributed by atoms with E-state index in [4.69, 9.17) is 0 Å². The smallest absolute Gasteiger partial charge is 0.283 e. The Kier molecular flexibility index (Phi) is 2.54. The predicted octanol–water partition coefficient (Wildman–Crippen LogP) is 3.50. The van der Waals surface area contributed by atoms with E-state index in [1.807, 2.05) is 0 Å². The highest BCUT2D eigenvalue weighted by molar-refractivity contribution is 7.08. The van der Waals surface area contributed by atoms with Gasteiger partial charge >= 0.3 is 0 Å². The number of nitrogens with one attached hydrogen (secondary N) is 1. The molecule has 0 bridgehead atoms. The van der Waals surface area contributed by atoms with E-state index in [1.54, 1.807) is 11.3 Å². The first kappa shape index (κ1) is 9.73. The van der Waals surface area contributed by atoms with Gasteiger partial charge in [-0.3, -0.25) is 0 Å². The minimum absolute atomic E-state index is 0.421. The van der Waals surface area contributed by atoms with Crippen molar-refractivity contribution in [3.05, 3.63) is 58.2 Å². The van der Waals surface area contributed by atoms with Gasteiger partial charge in [-0.15, -0.1) is 0 Å². The number of hydrogen-bond acceptors (Lipinski definition) is 2. The molecule has 0 unspecified atom stereocenters. The largest absolute Gasteiger partial charge is 0.424 e. The standard InChI is InChI=1S/C13H12BNS/c1-2-4-13-12(3-1)5-7-14(15-13)9-11-6-8-16-10-11/h1-8,10,15H,9H2. The Morgan fingerprint density at radius 2 is 2.12 bits per heavy atom. The van der Waals surface area contributed by atoms with Gasteiger partial charge in [0.1, 0.15) is 0 Å². The maximum atomic E-state index is 3.55. The molecule has 1 nitrogen and oxygen atoms in total. The van der Waals surface area contributed by atoms with Crippen LogP contribution in [0.1, 0.15) is 11.1 Å². The molecule has 1 aromatic heterocycles. The highest BCUT2D eigenvalue weighted by Crippen LogP contribution is 2.22. The fourth-order valence-electron chi connectivity index (χ4n) is 2.02. The molecule has 1 aromatic carbocycles. The van der Waals surface area contributed by atoms with Crippen LogP contribution in [0.2, 0.25) is 0 Å². The zero-order valence-electron chi connectivity index (χ0n) is 8.89. The lowest BCUT2D eigenvalue weighted by molar-refractivity contribution is 1.39. The van der Waals surface area contributed by atoms with Crippen molar-refractivity contribution in [2.24, 2.45) is 0 Å². The van der Waals surface area contributed by atoms with E-state index in [1.165, 1.54) is 16.8 Å². The van der Waals surface area contributed by atoms with Gasteiger partial charge in [0, 0.05) is 5.69 Å². The second kappa shape index (κ2) is 4.18. The van der Waals surface area contributed by atoms with E-state index in [9.17, 15) is 0 Å². The normalized spacial score (nSPS) is 13.4. The third-order valence-electron chi connectivity index (χ3n) is 2.85. The van der Waals surface area contributed by atoms with E-state index < -0.39 is 0 Å². The average molecular weight is 225 g/mol. The molecule has 3 rings (SSSR count). The number of fused-ring (bicyclic) bond motifs is 1. The summed E-state index contributed by atoms with van der Waals surface area (Å²) in [5.74, 6) is 2.25. The van der Waals surface area contributed by atoms with Crippen molar-refractivity contribution in [1.29, 1.82) is 0 Å². The van der Waals surface area contributed by atoms with Gasteiger partial charge in [-0.2, -0.15) is 11.3 Å². The van der Waals surface area contributed by atoms with E-state index in [-0.39, 0.29) is 0 Å². The number of rotatable bonds is 2. The molecule has 2 aromatic rings. The molecule has 0 amide bonds. The summed E-state index contributed by atoms with van der Waals surface area (Å²) >= 11 is 1.76. The van der Waals surface area contributed by atoms with Gasteiger partial charge in [0.05, 0.1) is 0 Å². The predicted molar refractivity (Wildman–Crippen MR) is 72.9 cm³/mol. The number of anilines is 1. The molecule has 0 saturated heterocycles. The van der Waals surface area contributed by atoms with Crippen LogP contribution in [0.5, 0.6) is 0 Å². The van der Waals surface area contributed by atoms with Crippen LogP contribution in [0, 0.1) is 0 Å². The molecule has 0 fully saturated rings. The molecule has 0 aliphatic carbocycles. The van der Waals surface area contributed by atoms with Crippen LogP contribution in [-0.4, -0.2) is 6.85 Å². The Labute approximate surface area is 99.9 Å². The SMILES string of the molecule is C1=Cc2ccccc2NB1Cc1ccsc1. The van der Waals surface area contributed by atoms with Crippen LogP contribution in [0.25, 0.3) is 6.08 Å². The summed E-state index contributed by atoms with van der Waals surface area (Å²) in [5, 5.41) is 7.91. The molecule has 0 spiro atoms. The zero-order valence-corrected chi connectivity index (χ0v) is 9.71. The van der Waals surface area contributed by atoms with Gasteiger partial charge in [0.15, 0.2) is 0 Å². The molecule has 0 radical (unpaired) electrons. The van der Waals surface area contributed by atoms with E-state index >= 15 is 0 Å². The molecular formula is C13H12BNS. The molecule has 78 valence electrons. The third kappa shape index (κ3) is 1.91. The summed E-state index contributed by atoms with van der Waals surface area (Å²) < 4.78 is 0. The molecule has 0 atom stereocenters. The quantitative estimate of drug-likeness (QED) is 0.771. The second-order valence-corrected chi connectivity index (χ2v) is 4.81. The van der Waals surface area contributed by atoms with Gasteiger partial charge in [-0.1, -0.05) is 30.3 Å². The zero-order chi connectivity index (χ0) is 10.8. The lowest BCUT2D eigenvalue weighted by atomic mass is 9.56. The van der Waals surface area contributed by atoms with Crippen LogP contribution in [-0.2, 0) is 6.32 Å². The van der Waals surface area contributed by atoms with Crippen molar-refractivity contribution < 1.29 is 0 Å². The maximum Gasteiger partial charge on any atom is 0.283 e. The van der Waals surface area contributed by atoms with Crippen molar-refractivity contribution in [1.82, 2.24) is 0 Å². The minimum Gasteiger partial charge on any atom is -0.424 e. The fourth-order valence-corrected chi connectivity index (χ4v) is 2.70.